The van der Waals surface area contributed by atoms with Gasteiger partial charge < -0.3 is 10.6 Å². The van der Waals surface area contributed by atoms with Crippen LogP contribution in [0.15, 0.2) is 67.0 Å². The van der Waals surface area contributed by atoms with Crippen LogP contribution in [0.4, 0.5) is 10.2 Å². The lowest BCUT2D eigenvalue weighted by Gasteiger charge is -2.14. The lowest BCUT2D eigenvalue weighted by atomic mass is 10.1. The third-order valence-electron chi connectivity index (χ3n) is 3.95. The number of hydrogen-bond acceptors (Lipinski definition) is 4. The summed E-state index contributed by atoms with van der Waals surface area (Å²) in [6, 6.07) is 16.1. The fourth-order valence-electron chi connectivity index (χ4n) is 2.46. The second-order valence-corrected chi connectivity index (χ2v) is 5.84. The van der Waals surface area contributed by atoms with E-state index in [9.17, 15) is 9.18 Å². The monoisotopic (exact) mass is 350 g/mol. The van der Waals surface area contributed by atoms with E-state index in [0.717, 1.165) is 5.56 Å². The van der Waals surface area contributed by atoms with Crippen molar-refractivity contribution in [3.63, 3.8) is 0 Å². The molecule has 0 saturated carbocycles. The van der Waals surface area contributed by atoms with E-state index in [1.807, 2.05) is 37.3 Å². The van der Waals surface area contributed by atoms with Gasteiger partial charge in [0.2, 0.25) is 0 Å². The number of carbonyl (C=O) groups is 1. The molecular weight excluding hydrogens is 331 g/mol. The maximum atomic E-state index is 13.6. The molecule has 1 heterocycles. The van der Waals surface area contributed by atoms with Crippen molar-refractivity contribution in [2.24, 2.45) is 0 Å². The second kappa shape index (κ2) is 8.20. The largest absolute Gasteiger partial charge is 0.365 e. The summed E-state index contributed by atoms with van der Waals surface area (Å²) < 4.78 is 13.6. The SMILES string of the molecule is CC(NC(=O)c1cnc(NCc2ccccc2F)cn1)c1ccccc1. The van der Waals surface area contributed by atoms with Gasteiger partial charge in [-0.1, -0.05) is 48.5 Å². The van der Waals surface area contributed by atoms with Crippen LogP contribution in [0, 0.1) is 5.82 Å². The number of nitrogens with zero attached hydrogens (tertiary/aromatic N) is 2. The lowest BCUT2D eigenvalue weighted by Crippen LogP contribution is -2.27. The minimum absolute atomic E-state index is 0.135. The average molecular weight is 350 g/mol. The van der Waals surface area contributed by atoms with Crippen LogP contribution in [0.1, 0.15) is 34.6 Å². The van der Waals surface area contributed by atoms with Crippen LogP contribution in [0.25, 0.3) is 0 Å². The molecule has 0 bridgehead atoms. The van der Waals surface area contributed by atoms with Gasteiger partial charge in [-0.3, -0.25) is 4.79 Å². The molecule has 0 saturated heterocycles. The zero-order valence-corrected chi connectivity index (χ0v) is 14.3. The van der Waals surface area contributed by atoms with E-state index in [2.05, 4.69) is 20.6 Å². The van der Waals surface area contributed by atoms with Gasteiger partial charge in [0.15, 0.2) is 0 Å². The van der Waals surface area contributed by atoms with Crippen molar-refractivity contribution < 1.29 is 9.18 Å². The molecule has 0 aliphatic carbocycles. The Morgan fingerprint density at radius 3 is 2.46 bits per heavy atom. The highest BCUT2D eigenvalue weighted by Crippen LogP contribution is 2.12. The van der Waals surface area contributed by atoms with Crippen molar-refractivity contribution in [3.8, 4) is 0 Å². The summed E-state index contributed by atoms with van der Waals surface area (Å²) in [5, 5.41) is 5.88. The molecular formula is C20H19FN4O. The zero-order chi connectivity index (χ0) is 18.4. The molecule has 26 heavy (non-hydrogen) atoms. The normalized spacial score (nSPS) is 11.6. The molecule has 0 radical (unpaired) electrons. The summed E-state index contributed by atoms with van der Waals surface area (Å²) in [6.45, 7) is 2.20. The Kier molecular flexibility index (Phi) is 5.53. The molecule has 1 aromatic heterocycles. The Hall–Kier alpha value is -3.28. The fraction of sp³-hybridized carbons (Fsp3) is 0.150. The fourth-order valence-corrected chi connectivity index (χ4v) is 2.46. The minimum Gasteiger partial charge on any atom is -0.365 e. The predicted molar refractivity (Wildman–Crippen MR) is 98.1 cm³/mol. The molecule has 2 N–H and O–H groups in total. The Bertz CT molecular complexity index is 868. The van der Waals surface area contributed by atoms with Gasteiger partial charge in [0, 0.05) is 12.1 Å². The van der Waals surface area contributed by atoms with Gasteiger partial charge in [-0.15, -0.1) is 0 Å². The predicted octanol–water partition coefficient (Wildman–Crippen LogP) is 3.72. The van der Waals surface area contributed by atoms with Crippen LogP contribution in [-0.2, 0) is 6.54 Å². The Balaban J connectivity index is 1.58. The van der Waals surface area contributed by atoms with E-state index in [4.69, 9.17) is 0 Å². The van der Waals surface area contributed by atoms with Crippen LogP contribution < -0.4 is 10.6 Å². The summed E-state index contributed by atoms with van der Waals surface area (Å²) in [4.78, 5) is 20.6. The van der Waals surface area contributed by atoms with Crippen molar-refractivity contribution in [3.05, 3.63) is 89.6 Å². The number of halogens is 1. The van der Waals surface area contributed by atoms with Crippen molar-refractivity contribution in [2.45, 2.75) is 19.5 Å². The third-order valence-corrected chi connectivity index (χ3v) is 3.95. The summed E-state index contributed by atoms with van der Waals surface area (Å²) in [6.07, 6.45) is 2.86. The van der Waals surface area contributed by atoms with Gasteiger partial charge in [0.1, 0.15) is 17.3 Å². The second-order valence-electron chi connectivity index (χ2n) is 5.84. The van der Waals surface area contributed by atoms with Gasteiger partial charge in [0.05, 0.1) is 18.4 Å². The zero-order valence-electron chi connectivity index (χ0n) is 14.3. The van der Waals surface area contributed by atoms with Crippen molar-refractivity contribution in [1.29, 1.82) is 0 Å². The quantitative estimate of drug-likeness (QED) is 0.711. The van der Waals surface area contributed by atoms with Crippen LogP contribution in [0.3, 0.4) is 0 Å². The molecule has 0 aliphatic heterocycles. The Morgan fingerprint density at radius 1 is 1.04 bits per heavy atom. The van der Waals surface area contributed by atoms with Crippen LogP contribution in [0.2, 0.25) is 0 Å². The first-order valence-corrected chi connectivity index (χ1v) is 8.28. The molecule has 0 aliphatic rings. The third kappa shape index (κ3) is 4.42. The first-order chi connectivity index (χ1) is 12.6. The maximum absolute atomic E-state index is 13.6. The number of hydrogen-bond donors (Lipinski definition) is 2. The highest BCUT2D eigenvalue weighted by atomic mass is 19.1. The van der Waals surface area contributed by atoms with E-state index in [-0.39, 0.29) is 30.0 Å². The Morgan fingerprint density at radius 2 is 1.77 bits per heavy atom. The van der Waals surface area contributed by atoms with Crippen LogP contribution in [-0.4, -0.2) is 15.9 Å². The topological polar surface area (TPSA) is 66.9 Å². The van der Waals surface area contributed by atoms with E-state index in [0.29, 0.717) is 11.4 Å². The molecule has 1 amide bonds. The number of amides is 1. The van der Waals surface area contributed by atoms with Crippen molar-refractivity contribution in [2.75, 3.05) is 5.32 Å². The van der Waals surface area contributed by atoms with E-state index in [1.165, 1.54) is 18.5 Å². The van der Waals surface area contributed by atoms with Gasteiger partial charge in [-0.25, -0.2) is 14.4 Å². The minimum atomic E-state index is -0.297. The van der Waals surface area contributed by atoms with Gasteiger partial charge in [0.25, 0.3) is 5.91 Å². The van der Waals surface area contributed by atoms with Crippen molar-refractivity contribution >= 4 is 11.7 Å². The number of carbonyl (C=O) groups excluding carboxylic acids is 1. The smallest absolute Gasteiger partial charge is 0.271 e. The van der Waals surface area contributed by atoms with Gasteiger partial charge in [-0.05, 0) is 18.6 Å². The van der Waals surface area contributed by atoms with Gasteiger partial charge >= 0.3 is 0 Å². The number of anilines is 1. The highest BCUT2D eigenvalue weighted by Gasteiger charge is 2.13. The summed E-state index contributed by atoms with van der Waals surface area (Å²) in [5.74, 6) is -0.103. The molecule has 3 aromatic rings. The summed E-state index contributed by atoms with van der Waals surface area (Å²) >= 11 is 0. The van der Waals surface area contributed by atoms with Gasteiger partial charge in [-0.2, -0.15) is 0 Å². The van der Waals surface area contributed by atoms with E-state index < -0.39 is 0 Å². The number of rotatable bonds is 6. The lowest BCUT2D eigenvalue weighted by molar-refractivity contribution is 0.0934. The maximum Gasteiger partial charge on any atom is 0.271 e. The van der Waals surface area contributed by atoms with Crippen LogP contribution in [0.5, 0.6) is 0 Å². The molecule has 5 nitrogen and oxygen atoms in total. The molecule has 1 unspecified atom stereocenters. The molecule has 2 aromatic carbocycles. The summed E-state index contributed by atoms with van der Waals surface area (Å²) in [5.41, 5.74) is 1.77. The molecule has 132 valence electrons. The van der Waals surface area contributed by atoms with E-state index in [1.54, 1.807) is 18.2 Å². The number of nitrogens with one attached hydrogen (secondary N) is 2. The van der Waals surface area contributed by atoms with Crippen molar-refractivity contribution in [1.82, 2.24) is 15.3 Å². The number of benzene rings is 2. The average Bonchev–Trinajstić information content (AvgIpc) is 2.68. The molecule has 6 heteroatoms. The first kappa shape index (κ1) is 17.5. The summed E-state index contributed by atoms with van der Waals surface area (Å²) in [7, 11) is 0. The molecule has 1 atom stereocenters. The highest BCUT2D eigenvalue weighted by molar-refractivity contribution is 5.92. The molecule has 0 spiro atoms. The number of aromatic nitrogens is 2. The molecule has 3 rings (SSSR count). The van der Waals surface area contributed by atoms with Crippen LogP contribution >= 0.6 is 0 Å². The standard InChI is InChI=1S/C20H19FN4O/c1-14(15-7-3-2-4-8-15)25-20(26)18-12-24-19(13-22-18)23-11-16-9-5-6-10-17(16)21/h2-10,12-14H,11H2,1H3,(H,23,24)(H,25,26). The molecule has 0 fully saturated rings. The first-order valence-electron chi connectivity index (χ1n) is 8.28. The Labute approximate surface area is 151 Å². The van der Waals surface area contributed by atoms with E-state index >= 15 is 0 Å².